The molecule has 0 aromatic heterocycles. The molecule has 0 spiro atoms. The third-order valence-corrected chi connectivity index (χ3v) is 1.66. The fourth-order valence-electron chi connectivity index (χ4n) is 0.947. The first kappa shape index (κ1) is 9.52. The van der Waals surface area contributed by atoms with E-state index in [4.69, 9.17) is 5.11 Å². The number of hydrogen-bond acceptors (Lipinski definition) is 2. The molecule has 0 bridgehead atoms. The summed E-state index contributed by atoms with van der Waals surface area (Å²) in [4.78, 5) is 11.3. The van der Waals surface area contributed by atoms with Crippen molar-refractivity contribution in [3.05, 3.63) is 42.0 Å². The Labute approximate surface area is 77.5 Å². The van der Waals surface area contributed by atoms with E-state index in [1.807, 2.05) is 13.0 Å². The average molecular weight is 176 g/mol. The van der Waals surface area contributed by atoms with Crippen molar-refractivity contribution in [2.24, 2.45) is 0 Å². The highest BCUT2D eigenvalue weighted by molar-refractivity contribution is 6.04. The first-order chi connectivity index (χ1) is 6.24. The van der Waals surface area contributed by atoms with Crippen molar-refractivity contribution in [3.63, 3.8) is 0 Å². The number of rotatable bonds is 3. The molecule has 0 radical (unpaired) electrons. The molecular weight excluding hydrogens is 164 g/mol. The van der Waals surface area contributed by atoms with Crippen molar-refractivity contribution in [2.75, 3.05) is 0 Å². The van der Waals surface area contributed by atoms with Crippen LogP contribution in [0.25, 0.3) is 0 Å². The summed E-state index contributed by atoms with van der Waals surface area (Å²) in [5, 5.41) is 8.99. The number of hydrogen-bond donors (Lipinski definition) is 1. The zero-order chi connectivity index (χ0) is 9.68. The van der Waals surface area contributed by atoms with E-state index < -0.39 is 0 Å². The van der Waals surface area contributed by atoms with Crippen LogP contribution in [0.15, 0.2) is 36.4 Å². The molecule has 0 aliphatic heterocycles. The van der Waals surface area contributed by atoms with E-state index in [0.717, 1.165) is 6.42 Å². The lowest BCUT2D eigenvalue weighted by molar-refractivity contribution is 0.104. The Morgan fingerprint density at radius 3 is 2.54 bits per heavy atom. The molecule has 0 atom stereocenters. The van der Waals surface area contributed by atoms with Crippen molar-refractivity contribution < 1.29 is 9.90 Å². The third kappa shape index (κ3) is 2.75. The Kier molecular flexibility index (Phi) is 3.26. The predicted octanol–water partition coefficient (Wildman–Crippen LogP) is 2.54. The second-order valence-electron chi connectivity index (χ2n) is 2.72. The first-order valence-corrected chi connectivity index (χ1v) is 4.24. The van der Waals surface area contributed by atoms with Gasteiger partial charge < -0.3 is 5.11 Å². The fraction of sp³-hybridized carbons (Fsp3) is 0.182. The Bertz CT molecular complexity index is 309. The molecule has 1 N–H and O–H groups in total. The predicted molar refractivity (Wildman–Crippen MR) is 51.9 cm³/mol. The van der Waals surface area contributed by atoms with Gasteiger partial charge >= 0.3 is 0 Å². The molecule has 0 fully saturated rings. The molecule has 1 aromatic carbocycles. The lowest BCUT2D eigenvalue weighted by Crippen LogP contribution is -1.92. The fourth-order valence-corrected chi connectivity index (χ4v) is 0.947. The normalized spacial score (nSPS) is 10.5. The van der Waals surface area contributed by atoms with Gasteiger partial charge in [-0.15, -0.1) is 0 Å². The Morgan fingerprint density at radius 1 is 1.38 bits per heavy atom. The highest BCUT2D eigenvalue weighted by Crippen LogP contribution is 2.10. The molecule has 0 saturated carbocycles. The molecular formula is C11H12O2. The first-order valence-electron chi connectivity index (χ1n) is 4.24. The lowest BCUT2D eigenvalue weighted by Gasteiger charge is -1.95. The van der Waals surface area contributed by atoms with Gasteiger partial charge in [0.2, 0.25) is 0 Å². The molecule has 0 heterocycles. The van der Waals surface area contributed by atoms with Gasteiger partial charge in [-0.3, -0.25) is 4.79 Å². The number of aromatic hydroxyl groups is 1. The highest BCUT2D eigenvalue weighted by atomic mass is 16.3. The Morgan fingerprint density at radius 2 is 2.00 bits per heavy atom. The zero-order valence-electron chi connectivity index (χ0n) is 7.53. The van der Waals surface area contributed by atoms with E-state index >= 15 is 0 Å². The van der Waals surface area contributed by atoms with Gasteiger partial charge in [0.15, 0.2) is 5.78 Å². The number of phenolic OH excluding ortho intramolecular Hbond substituents is 1. The molecule has 0 amide bonds. The summed E-state index contributed by atoms with van der Waals surface area (Å²) >= 11 is 0. The van der Waals surface area contributed by atoms with Crippen molar-refractivity contribution >= 4 is 5.78 Å². The van der Waals surface area contributed by atoms with E-state index in [1.54, 1.807) is 18.2 Å². The van der Waals surface area contributed by atoms with Crippen molar-refractivity contribution in [2.45, 2.75) is 13.3 Å². The number of carbonyl (C=O) groups excluding carboxylic acids is 1. The van der Waals surface area contributed by atoms with Crippen LogP contribution in [0.2, 0.25) is 0 Å². The Hall–Kier alpha value is -1.57. The van der Waals surface area contributed by atoms with E-state index in [-0.39, 0.29) is 11.5 Å². The molecule has 0 unspecified atom stereocenters. The molecule has 0 saturated heterocycles. The average Bonchev–Trinajstić information content (AvgIpc) is 2.15. The van der Waals surface area contributed by atoms with E-state index in [1.165, 1.54) is 12.1 Å². The number of phenols is 1. The molecule has 68 valence electrons. The summed E-state index contributed by atoms with van der Waals surface area (Å²) in [7, 11) is 0. The largest absolute Gasteiger partial charge is 0.508 e. The van der Waals surface area contributed by atoms with E-state index in [2.05, 4.69) is 0 Å². The van der Waals surface area contributed by atoms with Gasteiger partial charge in [-0.1, -0.05) is 13.0 Å². The standard InChI is InChI=1S/C11H12O2/c1-2-3-4-11(13)9-5-7-10(12)8-6-9/h3-8,12H,2H2,1H3/b4-3+. The van der Waals surface area contributed by atoms with Gasteiger partial charge in [-0.25, -0.2) is 0 Å². The summed E-state index contributed by atoms with van der Waals surface area (Å²) in [6.45, 7) is 1.97. The van der Waals surface area contributed by atoms with Crippen molar-refractivity contribution in [1.29, 1.82) is 0 Å². The molecule has 1 rings (SSSR count). The summed E-state index contributed by atoms with van der Waals surface area (Å²) in [6, 6.07) is 6.23. The van der Waals surface area contributed by atoms with Gasteiger partial charge in [-0.05, 0) is 36.8 Å². The van der Waals surface area contributed by atoms with Crippen LogP contribution in [0.1, 0.15) is 23.7 Å². The van der Waals surface area contributed by atoms with E-state index in [9.17, 15) is 4.79 Å². The monoisotopic (exact) mass is 176 g/mol. The van der Waals surface area contributed by atoms with Crippen LogP contribution < -0.4 is 0 Å². The van der Waals surface area contributed by atoms with Crippen LogP contribution in [-0.4, -0.2) is 10.9 Å². The van der Waals surface area contributed by atoms with Crippen molar-refractivity contribution in [3.8, 4) is 5.75 Å². The maximum atomic E-state index is 11.3. The van der Waals surface area contributed by atoms with Crippen molar-refractivity contribution in [1.82, 2.24) is 0 Å². The summed E-state index contributed by atoms with van der Waals surface area (Å²) in [6.07, 6.45) is 4.21. The van der Waals surface area contributed by atoms with Gasteiger partial charge in [0.1, 0.15) is 5.75 Å². The van der Waals surface area contributed by atoms with E-state index in [0.29, 0.717) is 5.56 Å². The van der Waals surface area contributed by atoms with Gasteiger partial charge in [-0.2, -0.15) is 0 Å². The second-order valence-corrected chi connectivity index (χ2v) is 2.72. The van der Waals surface area contributed by atoms with Crippen LogP contribution in [0, 0.1) is 0 Å². The summed E-state index contributed by atoms with van der Waals surface area (Å²) in [5.41, 5.74) is 0.600. The highest BCUT2D eigenvalue weighted by Gasteiger charge is 1.99. The topological polar surface area (TPSA) is 37.3 Å². The summed E-state index contributed by atoms with van der Waals surface area (Å²) < 4.78 is 0. The van der Waals surface area contributed by atoms with Crippen LogP contribution in [0.4, 0.5) is 0 Å². The van der Waals surface area contributed by atoms with Crippen LogP contribution in [0.5, 0.6) is 5.75 Å². The molecule has 13 heavy (non-hydrogen) atoms. The van der Waals surface area contributed by atoms with Crippen LogP contribution in [-0.2, 0) is 0 Å². The minimum atomic E-state index is -0.0261. The van der Waals surface area contributed by atoms with Gasteiger partial charge in [0.05, 0.1) is 0 Å². The minimum absolute atomic E-state index is 0.0261. The SMILES string of the molecule is CC/C=C/C(=O)c1ccc(O)cc1. The number of allylic oxidation sites excluding steroid dienone is 2. The molecule has 1 aromatic rings. The molecule has 2 nitrogen and oxygen atoms in total. The Balaban J connectivity index is 2.78. The number of carbonyl (C=O) groups is 1. The summed E-state index contributed by atoms with van der Waals surface area (Å²) in [5.74, 6) is 0.151. The third-order valence-electron chi connectivity index (χ3n) is 1.66. The van der Waals surface area contributed by atoms with Crippen LogP contribution >= 0.6 is 0 Å². The quantitative estimate of drug-likeness (QED) is 0.567. The zero-order valence-corrected chi connectivity index (χ0v) is 7.53. The second kappa shape index (κ2) is 4.45. The minimum Gasteiger partial charge on any atom is -0.508 e. The molecule has 2 heteroatoms. The smallest absolute Gasteiger partial charge is 0.185 e. The number of ketones is 1. The lowest BCUT2D eigenvalue weighted by atomic mass is 10.1. The van der Waals surface area contributed by atoms with Crippen LogP contribution in [0.3, 0.4) is 0 Å². The van der Waals surface area contributed by atoms with Gasteiger partial charge in [0, 0.05) is 5.56 Å². The molecule has 0 aliphatic rings. The van der Waals surface area contributed by atoms with Gasteiger partial charge in [0.25, 0.3) is 0 Å². The maximum Gasteiger partial charge on any atom is 0.185 e. The number of benzene rings is 1. The molecule has 0 aliphatic carbocycles. The maximum absolute atomic E-state index is 11.3.